The average Bonchev–Trinajstić information content (AvgIpc) is 2.95. The molecule has 0 saturated carbocycles. The van der Waals surface area contributed by atoms with Crippen LogP contribution in [0.4, 0.5) is 0 Å². The molecule has 0 rings (SSSR count). The molecule has 262 valence electrons. The van der Waals surface area contributed by atoms with Crippen molar-refractivity contribution in [2.45, 2.75) is 155 Å². The molecule has 0 bridgehead atoms. The molecule has 12 heteroatoms. The Morgan fingerprint density at radius 3 is 0.932 bits per heavy atom. The largest absolute Gasteiger partial charge is 0.340 e. The normalized spacial score (nSPS) is 12.0. The second kappa shape index (κ2) is 26.9. The lowest BCUT2D eigenvalue weighted by molar-refractivity contribution is -0.135. The number of carbonyl (C=O) groups is 2. The number of hydrogen-bond acceptors (Lipinski definition) is 6. The molecule has 0 atom stereocenters. The summed E-state index contributed by atoms with van der Waals surface area (Å²) in [6.07, 6.45) is 22.9. The van der Waals surface area contributed by atoms with Gasteiger partial charge in [-0.2, -0.15) is 16.8 Å². The molecule has 0 aliphatic rings. The van der Waals surface area contributed by atoms with Crippen LogP contribution in [0.3, 0.4) is 0 Å². The van der Waals surface area contributed by atoms with Crippen molar-refractivity contribution in [2.75, 3.05) is 37.7 Å². The first kappa shape index (κ1) is 42.8. The van der Waals surface area contributed by atoms with Crippen molar-refractivity contribution < 1.29 is 35.5 Å². The molecule has 0 aromatic rings. The molecule has 0 spiro atoms. The standard InChI is InChI=1S/C32H64N2O8S2/c1-3-5-7-9-11-13-14-16-18-20-22-24-32(36)34(28-30-44(40,41)42)26-25-33(27-29-43(37,38)39)31(35)23-21-19-17-15-12-10-8-6-4-2/h3-30H2,1-2H3,(H,37,38,39)(H,40,41,42). The van der Waals surface area contributed by atoms with Gasteiger partial charge in [-0.3, -0.25) is 18.7 Å². The summed E-state index contributed by atoms with van der Waals surface area (Å²) in [6, 6.07) is 0. The van der Waals surface area contributed by atoms with Crippen molar-refractivity contribution in [3.63, 3.8) is 0 Å². The van der Waals surface area contributed by atoms with Crippen LogP contribution in [-0.4, -0.2) is 85.2 Å². The zero-order chi connectivity index (χ0) is 33.1. The molecule has 0 aromatic carbocycles. The SMILES string of the molecule is CCCCCCCCCCCCCC(=O)N(CCN(CCS(=O)(=O)O)C(=O)CCCCCCCCCCC)CCS(=O)(=O)O. The van der Waals surface area contributed by atoms with Gasteiger partial charge < -0.3 is 9.80 Å². The summed E-state index contributed by atoms with van der Waals surface area (Å²) in [4.78, 5) is 28.6. The van der Waals surface area contributed by atoms with Gasteiger partial charge in [0.1, 0.15) is 0 Å². The first-order valence-corrected chi connectivity index (χ1v) is 20.6. The number of hydrogen-bond donors (Lipinski definition) is 2. The Morgan fingerprint density at radius 2 is 0.682 bits per heavy atom. The second-order valence-corrected chi connectivity index (χ2v) is 15.3. The molecule has 10 nitrogen and oxygen atoms in total. The summed E-state index contributed by atoms with van der Waals surface area (Å²) in [5, 5.41) is 0. The zero-order valence-corrected chi connectivity index (χ0v) is 29.5. The Morgan fingerprint density at radius 1 is 0.432 bits per heavy atom. The van der Waals surface area contributed by atoms with Crippen molar-refractivity contribution in [3.05, 3.63) is 0 Å². The summed E-state index contributed by atoms with van der Waals surface area (Å²) in [6.45, 7) is 4.00. The smallest absolute Gasteiger partial charge is 0.266 e. The highest BCUT2D eigenvalue weighted by atomic mass is 32.2. The highest BCUT2D eigenvalue weighted by Crippen LogP contribution is 2.14. The van der Waals surface area contributed by atoms with Crippen molar-refractivity contribution >= 4 is 32.1 Å². The first-order valence-electron chi connectivity index (χ1n) is 17.4. The molecule has 0 aliphatic heterocycles. The average molecular weight is 669 g/mol. The molecule has 0 aromatic heterocycles. The van der Waals surface area contributed by atoms with Gasteiger partial charge in [-0.15, -0.1) is 0 Å². The molecule has 0 saturated heterocycles. The van der Waals surface area contributed by atoms with Crippen LogP contribution < -0.4 is 0 Å². The third-order valence-corrected chi connectivity index (χ3v) is 9.47. The van der Waals surface area contributed by atoms with Gasteiger partial charge in [0.05, 0.1) is 11.5 Å². The maximum Gasteiger partial charge on any atom is 0.266 e. The van der Waals surface area contributed by atoms with E-state index in [0.29, 0.717) is 12.8 Å². The molecule has 44 heavy (non-hydrogen) atoms. The quantitative estimate of drug-likeness (QED) is 0.0590. The molecule has 0 radical (unpaired) electrons. The van der Waals surface area contributed by atoms with Crippen molar-refractivity contribution in [1.29, 1.82) is 0 Å². The third kappa shape index (κ3) is 28.2. The summed E-state index contributed by atoms with van der Waals surface area (Å²) in [5.74, 6) is -1.75. The fraction of sp³-hybridized carbons (Fsp3) is 0.938. The maximum absolute atomic E-state index is 13.0. The minimum absolute atomic E-state index is 0.0151. The predicted molar refractivity (Wildman–Crippen MR) is 179 cm³/mol. The molecule has 0 aliphatic carbocycles. The zero-order valence-electron chi connectivity index (χ0n) is 27.9. The minimum atomic E-state index is -4.30. The Hall–Kier alpha value is -1.24. The highest BCUT2D eigenvalue weighted by Gasteiger charge is 2.21. The summed E-state index contributed by atoms with van der Waals surface area (Å²) >= 11 is 0. The van der Waals surface area contributed by atoms with Crippen LogP contribution in [0.1, 0.15) is 155 Å². The predicted octanol–water partition coefficient (Wildman–Crippen LogP) is 7.04. The number of amides is 2. The minimum Gasteiger partial charge on any atom is -0.340 e. The van der Waals surface area contributed by atoms with Crippen LogP contribution in [0.25, 0.3) is 0 Å². The van der Waals surface area contributed by atoms with Crippen molar-refractivity contribution in [1.82, 2.24) is 9.80 Å². The maximum atomic E-state index is 13.0. The molecule has 2 amide bonds. The van der Waals surface area contributed by atoms with Crippen molar-refractivity contribution in [3.8, 4) is 0 Å². The Labute approximate surface area is 269 Å². The molecule has 0 heterocycles. The second-order valence-electron chi connectivity index (χ2n) is 12.2. The van der Waals surface area contributed by atoms with E-state index in [1.165, 1.54) is 86.8 Å². The highest BCUT2D eigenvalue weighted by molar-refractivity contribution is 7.86. The molecule has 0 unspecified atom stereocenters. The van der Waals surface area contributed by atoms with E-state index in [2.05, 4.69) is 13.8 Å². The van der Waals surface area contributed by atoms with E-state index in [4.69, 9.17) is 0 Å². The summed E-state index contributed by atoms with van der Waals surface area (Å²) in [5.41, 5.74) is 0. The van der Waals surface area contributed by atoms with Crippen LogP contribution in [0, 0.1) is 0 Å². The van der Waals surface area contributed by atoms with Crippen LogP contribution in [-0.2, 0) is 29.8 Å². The lowest BCUT2D eigenvalue weighted by Gasteiger charge is -2.28. The van der Waals surface area contributed by atoms with E-state index < -0.39 is 31.7 Å². The van der Waals surface area contributed by atoms with Gasteiger partial charge in [0.2, 0.25) is 11.8 Å². The van der Waals surface area contributed by atoms with Gasteiger partial charge in [-0.1, -0.05) is 129 Å². The van der Waals surface area contributed by atoms with Crippen LogP contribution in [0.15, 0.2) is 0 Å². The van der Waals surface area contributed by atoms with Crippen LogP contribution in [0.2, 0.25) is 0 Å². The number of unbranched alkanes of at least 4 members (excludes halogenated alkanes) is 18. The van der Waals surface area contributed by atoms with E-state index in [1.54, 1.807) is 0 Å². The Bertz CT molecular complexity index is 942. The Balaban J connectivity index is 4.79. The fourth-order valence-corrected chi connectivity index (χ4v) is 6.16. The van der Waals surface area contributed by atoms with E-state index in [-0.39, 0.29) is 50.8 Å². The number of rotatable bonds is 31. The van der Waals surface area contributed by atoms with Gasteiger partial charge in [0.25, 0.3) is 20.2 Å². The molecular formula is C32H64N2O8S2. The van der Waals surface area contributed by atoms with Crippen molar-refractivity contribution in [2.24, 2.45) is 0 Å². The summed E-state index contributed by atoms with van der Waals surface area (Å²) < 4.78 is 64.1. The topological polar surface area (TPSA) is 149 Å². The molecule has 2 N–H and O–H groups in total. The van der Waals surface area contributed by atoms with E-state index in [9.17, 15) is 35.5 Å². The van der Waals surface area contributed by atoms with E-state index >= 15 is 0 Å². The fourth-order valence-electron chi connectivity index (χ4n) is 5.26. The molecular weight excluding hydrogens is 604 g/mol. The third-order valence-electron chi connectivity index (χ3n) is 8.07. The number of carbonyl (C=O) groups excluding carboxylic acids is 2. The van der Waals surface area contributed by atoms with E-state index in [0.717, 1.165) is 38.5 Å². The Kier molecular flexibility index (Phi) is 26.2. The summed E-state index contributed by atoms with van der Waals surface area (Å²) in [7, 11) is -8.59. The lowest BCUT2D eigenvalue weighted by atomic mass is 10.1. The van der Waals surface area contributed by atoms with Crippen LogP contribution in [0.5, 0.6) is 0 Å². The van der Waals surface area contributed by atoms with Crippen LogP contribution >= 0.6 is 0 Å². The lowest BCUT2D eigenvalue weighted by Crippen LogP contribution is -2.44. The monoisotopic (exact) mass is 668 g/mol. The first-order chi connectivity index (χ1) is 20.9. The van der Waals surface area contributed by atoms with Gasteiger partial charge >= 0.3 is 0 Å². The van der Waals surface area contributed by atoms with Gasteiger partial charge in [0.15, 0.2) is 0 Å². The molecule has 0 fully saturated rings. The van der Waals surface area contributed by atoms with Gasteiger partial charge in [-0.25, -0.2) is 0 Å². The van der Waals surface area contributed by atoms with E-state index in [1.807, 2.05) is 0 Å². The van der Waals surface area contributed by atoms with Gasteiger partial charge in [-0.05, 0) is 12.8 Å². The van der Waals surface area contributed by atoms with Gasteiger partial charge in [0, 0.05) is 39.0 Å². The number of nitrogens with zero attached hydrogens (tertiary/aromatic N) is 2.